The molecule has 1 rings (SSSR count). The summed E-state index contributed by atoms with van der Waals surface area (Å²) in [4.78, 5) is 0. The smallest absolute Gasteiger partial charge is 0.194 e. The van der Waals surface area contributed by atoms with Gasteiger partial charge in [-0.15, -0.1) is 0 Å². The van der Waals surface area contributed by atoms with Crippen LogP contribution in [0.5, 0.6) is 0 Å². The van der Waals surface area contributed by atoms with Crippen molar-refractivity contribution in [3.63, 3.8) is 0 Å². The van der Waals surface area contributed by atoms with E-state index in [0.717, 1.165) is 0 Å². The van der Waals surface area contributed by atoms with Crippen molar-refractivity contribution in [2.24, 2.45) is 26.9 Å². The molecule has 90 valence electrons. The largest absolute Gasteiger partial charge is 0.409 e. The molecule has 8 heteroatoms. The summed E-state index contributed by atoms with van der Waals surface area (Å²) >= 11 is 0. The van der Waals surface area contributed by atoms with E-state index in [9.17, 15) is 0 Å². The van der Waals surface area contributed by atoms with Gasteiger partial charge in [-0.05, 0) is 12.1 Å². The first-order valence-electron chi connectivity index (χ1n) is 4.53. The molecule has 8 nitrogen and oxygen atoms in total. The molecule has 0 aliphatic rings. The summed E-state index contributed by atoms with van der Waals surface area (Å²) in [6.45, 7) is 0. The van der Waals surface area contributed by atoms with Crippen LogP contribution in [0.25, 0.3) is 0 Å². The van der Waals surface area contributed by atoms with E-state index >= 15 is 0 Å². The van der Waals surface area contributed by atoms with Gasteiger partial charge in [0, 0.05) is 0 Å². The van der Waals surface area contributed by atoms with Gasteiger partial charge in [-0.25, -0.2) is 0 Å². The van der Waals surface area contributed by atoms with Gasteiger partial charge in [0.1, 0.15) is 0 Å². The van der Waals surface area contributed by atoms with E-state index < -0.39 is 0 Å². The number of oxime groups is 2. The minimum absolute atomic E-state index is 0.168. The Labute approximate surface area is 96.9 Å². The Morgan fingerprint density at radius 1 is 1.00 bits per heavy atom. The number of nitrogens with one attached hydrogen (secondary N) is 1. The SMILES string of the molecule is N/C(=N\O)C(=NNc1ccccc1)/C(N)=N/O. The Balaban J connectivity index is 2.92. The summed E-state index contributed by atoms with van der Waals surface area (Å²) in [5.74, 6) is -0.743. The number of hydrogen-bond donors (Lipinski definition) is 5. The summed E-state index contributed by atoms with van der Waals surface area (Å²) in [5, 5.41) is 26.2. The third-order valence-electron chi connectivity index (χ3n) is 1.77. The van der Waals surface area contributed by atoms with Gasteiger partial charge in [-0.3, -0.25) is 5.43 Å². The van der Waals surface area contributed by atoms with Crippen molar-refractivity contribution in [2.45, 2.75) is 0 Å². The van der Waals surface area contributed by atoms with Crippen LogP contribution in [0.2, 0.25) is 0 Å². The predicted molar refractivity (Wildman–Crippen MR) is 64.3 cm³/mol. The monoisotopic (exact) mass is 236 g/mol. The van der Waals surface area contributed by atoms with Crippen LogP contribution in [0.4, 0.5) is 5.69 Å². The maximum atomic E-state index is 8.51. The molecule has 0 bridgehead atoms. The van der Waals surface area contributed by atoms with E-state index in [2.05, 4.69) is 20.8 Å². The highest BCUT2D eigenvalue weighted by atomic mass is 16.4. The molecule has 0 aromatic heterocycles. The van der Waals surface area contributed by atoms with E-state index in [1.807, 2.05) is 6.07 Å². The predicted octanol–water partition coefficient (Wildman–Crippen LogP) is -0.0527. The van der Waals surface area contributed by atoms with Crippen LogP contribution in [0.15, 0.2) is 45.7 Å². The molecule has 17 heavy (non-hydrogen) atoms. The van der Waals surface area contributed by atoms with Crippen molar-refractivity contribution in [3.8, 4) is 0 Å². The quantitative estimate of drug-likeness (QED) is 0.215. The highest BCUT2D eigenvalue weighted by molar-refractivity contribution is 6.67. The van der Waals surface area contributed by atoms with Gasteiger partial charge in [-0.1, -0.05) is 28.5 Å². The van der Waals surface area contributed by atoms with Gasteiger partial charge < -0.3 is 21.9 Å². The first-order valence-corrected chi connectivity index (χ1v) is 4.53. The fourth-order valence-electron chi connectivity index (χ4n) is 0.974. The lowest BCUT2D eigenvalue weighted by atomic mass is 10.3. The van der Waals surface area contributed by atoms with E-state index in [-0.39, 0.29) is 17.4 Å². The molecular weight excluding hydrogens is 224 g/mol. The highest BCUT2D eigenvalue weighted by Gasteiger charge is 2.11. The van der Waals surface area contributed by atoms with Crippen molar-refractivity contribution < 1.29 is 10.4 Å². The molecule has 1 aromatic rings. The summed E-state index contributed by atoms with van der Waals surface area (Å²) < 4.78 is 0. The van der Waals surface area contributed by atoms with Crippen molar-refractivity contribution >= 4 is 23.1 Å². The first-order chi connectivity index (χ1) is 8.19. The van der Waals surface area contributed by atoms with Gasteiger partial charge >= 0.3 is 0 Å². The number of rotatable bonds is 4. The van der Waals surface area contributed by atoms with Crippen molar-refractivity contribution in [3.05, 3.63) is 30.3 Å². The molecule has 0 saturated heterocycles. The van der Waals surface area contributed by atoms with Gasteiger partial charge in [0.2, 0.25) is 0 Å². The zero-order chi connectivity index (χ0) is 12.7. The van der Waals surface area contributed by atoms with Gasteiger partial charge in [0.15, 0.2) is 17.4 Å². The molecule has 0 fully saturated rings. The Morgan fingerprint density at radius 2 is 1.53 bits per heavy atom. The fourth-order valence-corrected chi connectivity index (χ4v) is 0.974. The third kappa shape index (κ3) is 3.38. The summed E-state index contributed by atoms with van der Waals surface area (Å²) in [7, 11) is 0. The molecule has 1 aromatic carbocycles. The molecule has 0 amide bonds. The summed E-state index contributed by atoms with van der Waals surface area (Å²) in [5.41, 5.74) is 13.7. The number of hydrogen-bond acceptors (Lipinski definition) is 6. The molecule has 7 N–H and O–H groups in total. The lowest BCUT2D eigenvalue weighted by Crippen LogP contribution is -2.36. The molecule has 0 unspecified atom stereocenters. The van der Waals surface area contributed by atoms with Crippen LogP contribution < -0.4 is 16.9 Å². The van der Waals surface area contributed by atoms with E-state index in [4.69, 9.17) is 21.9 Å². The topological polar surface area (TPSA) is 142 Å². The molecule has 0 spiro atoms. The van der Waals surface area contributed by atoms with E-state index in [1.54, 1.807) is 24.3 Å². The van der Waals surface area contributed by atoms with Gasteiger partial charge in [0.05, 0.1) is 5.69 Å². The van der Waals surface area contributed by atoms with E-state index in [1.165, 1.54) is 0 Å². The summed E-state index contributed by atoms with van der Waals surface area (Å²) in [6.07, 6.45) is 0. The Hall–Kier alpha value is -2.77. The van der Waals surface area contributed by atoms with Crippen LogP contribution in [0, 0.1) is 0 Å². The number of benzene rings is 1. The van der Waals surface area contributed by atoms with Crippen molar-refractivity contribution in [2.75, 3.05) is 5.43 Å². The molecule has 0 heterocycles. The summed E-state index contributed by atoms with van der Waals surface area (Å²) in [6, 6.07) is 8.93. The van der Waals surface area contributed by atoms with E-state index in [0.29, 0.717) is 5.69 Å². The second kappa shape index (κ2) is 5.95. The van der Waals surface area contributed by atoms with Crippen LogP contribution >= 0.6 is 0 Å². The maximum absolute atomic E-state index is 8.51. The number of hydrazone groups is 1. The van der Waals surface area contributed by atoms with Crippen LogP contribution in [0.1, 0.15) is 0 Å². The molecule has 0 aliphatic heterocycles. The average Bonchev–Trinajstić information content (AvgIpc) is 2.39. The Kier molecular flexibility index (Phi) is 4.31. The molecule has 0 atom stereocenters. The standard InChI is InChI=1S/C9H12N6O2/c10-8(14-16)7(9(11)15-17)13-12-6-4-2-1-3-5-6/h1-5,12,16-17H,(H2,10,14)(H2,11,15). The second-order valence-electron chi connectivity index (χ2n) is 2.91. The van der Waals surface area contributed by atoms with Crippen LogP contribution in [-0.4, -0.2) is 27.8 Å². The molecule has 0 radical (unpaired) electrons. The van der Waals surface area contributed by atoms with Crippen molar-refractivity contribution in [1.82, 2.24) is 0 Å². The maximum Gasteiger partial charge on any atom is 0.194 e. The molecule has 0 saturated carbocycles. The highest BCUT2D eigenvalue weighted by Crippen LogP contribution is 2.04. The fraction of sp³-hybridized carbons (Fsp3) is 0. The number of nitrogens with two attached hydrogens (primary N) is 2. The molecule has 0 aliphatic carbocycles. The number of para-hydroxylation sites is 1. The third-order valence-corrected chi connectivity index (χ3v) is 1.77. The lowest BCUT2D eigenvalue weighted by molar-refractivity contribution is 0.318. The number of amidine groups is 2. The van der Waals surface area contributed by atoms with Gasteiger partial charge in [0.25, 0.3) is 0 Å². The Bertz CT molecular complexity index is 434. The van der Waals surface area contributed by atoms with Crippen LogP contribution in [0.3, 0.4) is 0 Å². The number of anilines is 1. The average molecular weight is 236 g/mol. The van der Waals surface area contributed by atoms with Crippen molar-refractivity contribution in [1.29, 1.82) is 0 Å². The molecular formula is C9H12N6O2. The zero-order valence-corrected chi connectivity index (χ0v) is 8.78. The first kappa shape index (κ1) is 12.3. The van der Waals surface area contributed by atoms with Gasteiger partial charge in [-0.2, -0.15) is 5.10 Å². The Morgan fingerprint density at radius 3 is 2.00 bits per heavy atom. The second-order valence-corrected chi connectivity index (χ2v) is 2.91. The zero-order valence-electron chi connectivity index (χ0n) is 8.78. The lowest BCUT2D eigenvalue weighted by Gasteiger charge is -2.04. The minimum Gasteiger partial charge on any atom is -0.409 e. The number of nitrogens with zero attached hydrogens (tertiary/aromatic N) is 3. The normalized spacial score (nSPS) is 12.0. The minimum atomic E-state index is -0.372. The van der Waals surface area contributed by atoms with Crippen LogP contribution in [-0.2, 0) is 0 Å².